The summed E-state index contributed by atoms with van der Waals surface area (Å²) in [5.74, 6) is -0.206. The van der Waals surface area contributed by atoms with Crippen LogP contribution in [0.3, 0.4) is 0 Å². The standard InChI is InChI=1S/C21H22Cl2N2O2/c1-2-14-3-6-17(7-4-14)24-20(26)15-9-11-25(12-10-15)21(27)18-8-5-16(22)13-19(18)23/h3-8,13,15H,2,9-12H2,1H3,(H,24,26). The molecule has 142 valence electrons. The van der Waals surface area contributed by atoms with Crippen LogP contribution in [0.1, 0.15) is 35.7 Å². The average molecular weight is 405 g/mol. The van der Waals surface area contributed by atoms with Gasteiger partial charge >= 0.3 is 0 Å². The molecule has 0 radical (unpaired) electrons. The zero-order valence-electron chi connectivity index (χ0n) is 15.2. The molecule has 0 saturated carbocycles. The van der Waals surface area contributed by atoms with Crippen molar-refractivity contribution in [3.8, 4) is 0 Å². The number of hydrogen-bond acceptors (Lipinski definition) is 2. The van der Waals surface area contributed by atoms with E-state index >= 15 is 0 Å². The van der Waals surface area contributed by atoms with Crippen molar-refractivity contribution in [1.82, 2.24) is 4.90 Å². The molecule has 1 fully saturated rings. The summed E-state index contributed by atoms with van der Waals surface area (Å²) in [6.45, 7) is 3.16. The third-order valence-corrected chi connectivity index (χ3v) is 5.49. The molecule has 1 aliphatic heterocycles. The van der Waals surface area contributed by atoms with Crippen LogP contribution in [0.15, 0.2) is 42.5 Å². The summed E-state index contributed by atoms with van der Waals surface area (Å²) in [6, 6.07) is 12.8. The lowest BCUT2D eigenvalue weighted by molar-refractivity contribution is -0.121. The van der Waals surface area contributed by atoms with E-state index in [-0.39, 0.29) is 17.7 Å². The fraction of sp³-hybridized carbons (Fsp3) is 0.333. The first kappa shape index (κ1) is 19.7. The molecule has 27 heavy (non-hydrogen) atoms. The van der Waals surface area contributed by atoms with Gasteiger partial charge in [0.15, 0.2) is 0 Å². The minimum Gasteiger partial charge on any atom is -0.339 e. The Kier molecular flexibility index (Phi) is 6.40. The molecule has 1 heterocycles. The number of amides is 2. The van der Waals surface area contributed by atoms with Crippen molar-refractivity contribution in [2.45, 2.75) is 26.2 Å². The Labute approximate surface area is 169 Å². The van der Waals surface area contributed by atoms with E-state index in [2.05, 4.69) is 12.2 Å². The second kappa shape index (κ2) is 8.77. The van der Waals surface area contributed by atoms with E-state index in [0.717, 1.165) is 12.1 Å². The van der Waals surface area contributed by atoms with Crippen LogP contribution < -0.4 is 5.32 Å². The number of piperidine rings is 1. The van der Waals surface area contributed by atoms with Crippen molar-refractivity contribution in [2.24, 2.45) is 5.92 Å². The van der Waals surface area contributed by atoms with Crippen LogP contribution in [0.25, 0.3) is 0 Å². The highest BCUT2D eigenvalue weighted by molar-refractivity contribution is 6.36. The maximum atomic E-state index is 12.7. The van der Waals surface area contributed by atoms with Crippen molar-refractivity contribution in [1.29, 1.82) is 0 Å². The Morgan fingerprint density at radius 2 is 1.74 bits per heavy atom. The number of carbonyl (C=O) groups excluding carboxylic acids is 2. The predicted octanol–water partition coefficient (Wildman–Crippen LogP) is 5.05. The van der Waals surface area contributed by atoms with E-state index in [1.165, 1.54) is 5.56 Å². The van der Waals surface area contributed by atoms with E-state index in [0.29, 0.717) is 41.5 Å². The second-order valence-electron chi connectivity index (χ2n) is 6.73. The Hall–Kier alpha value is -2.04. The molecule has 0 unspecified atom stereocenters. The SMILES string of the molecule is CCc1ccc(NC(=O)C2CCN(C(=O)c3ccc(Cl)cc3Cl)CC2)cc1. The molecule has 6 heteroatoms. The maximum absolute atomic E-state index is 12.7. The van der Waals surface area contributed by atoms with E-state index in [1.807, 2.05) is 24.3 Å². The quantitative estimate of drug-likeness (QED) is 0.774. The molecule has 2 aromatic rings. The van der Waals surface area contributed by atoms with Gasteiger partial charge in [0.05, 0.1) is 10.6 Å². The van der Waals surface area contributed by atoms with E-state index < -0.39 is 0 Å². The summed E-state index contributed by atoms with van der Waals surface area (Å²) in [5, 5.41) is 3.82. The van der Waals surface area contributed by atoms with E-state index in [1.54, 1.807) is 23.1 Å². The molecular formula is C21H22Cl2N2O2. The molecule has 2 aromatic carbocycles. The summed E-state index contributed by atoms with van der Waals surface area (Å²) in [5.41, 5.74) is 2.49. The van der Waals surface area contributed by atoms with E-state index in [9.17, 15) is 9.59 Å². The molecule has 0 aromatic heterocycles. The molecule has 0 aliphatic carbocycles. The van der Waals surface area contributed by atoms with Crippen LogP contribution in [-0.4, -0.2) is 29.8 Å². The minimum atomic E-state index is -0.120. The average Bonchev–Trinajstić information content (AvgIpc) is 2.68. The second-order valence-corrected chi connectivity index (χ2v) is 7.57. The Balaban J connectivity index is 1.56. The third kappa shape index (κ3) is 4.82. The number of rotatable bonds is 4. The number of anilines is 1. The number of carbonyl (C=O) groups is 2. The van der Waals surface area contributed by atoms with Gasteiger partial charge in [0.25, 0.3) is 5.91 Å². The normalized spacial score (nSPS) is 14.9. The highest BCUT2D eigenvalue weighted by atomic mass is 35.5. The van der Waals surface area contributed by atoms with Gasteiger partial charge in [-0.2, -0.15) is 0 Å². The van der Waals surface area contributed by atoms with Crippen molar-refractivity contribution < 1.29 is 9.59 Å². The largest absolute Gasteiger partial charge is 0.339 e. The molecular weight excluding hydrogens is 383 g/mol. The molecule has 2 amide bonds. The monoisotopic (exact) mass is 404 g/mol. The molecule has 1 saturated heterocycles. The van der Waals surface area contributed by atoms with Crippen LogP contribution in [-0.2, 0) is 11.2 Å². The number of halogens is 2. The zero-order chi connectivity index (χ0) is 19.4. The zero-order valence-corrected chi connectivity index (χ0v) is 16.7. The summed E-state index contributed by atoms with van der Waals surface area (Å²) >= 11 is 12.0. The first-order valence-electron chi connectivity index (χ1n) is 9.12. The smallest absolute Gasteiger partial charge is 0.255 e. The minimum absolute atomic E-state index is 0.0101. The number of nitrogens with one attached hydrogen (secondary N) is 1. The molecule has 4 nitrogen and oxygen atoms in total. The van der Waals surface area contributed by atoms with Gasteiger partial charge in [0.1, 0.15) is 0 Å². The van der Waals surface area contributed by atoms with Gasteiger partial charge in [-0.25, -0.2) is 0 Å². The van der Waals surface area contributed by atoms with Crippen molar-refractivity contribution in [3.05, 3.63) is 63.6 Å². The molecule has 0 bridgehead atoms. The topological polar surface area (TPSA) is 49.4 Å². The Morgan fingerprint density at radius 1 is 1.07 bits per heavy atom. The molecule has 3 rings (SSSR count). The van der Waals surface area contributed by atoms with Gasteiger partial charge in [0, 0.05) is 29.7 Å². The Morgan fingerprint density at radius 3 is 2.33 bits per heavy atom. The maximum Gasteiger partial charge on any atom is 0.255 e. The first-order chi connectivity index (χ1) is 13.0. The molecule has 1 N–H and O–H groups in total. The first-order valence-corrected chi connectivity index (χ1v) is 9.87. The predicted molar refractivity (Wildman–Crippen MR) is 110 cm³/mol. The van der Waals surface area contributed by atoms with Gasteiger partial charge < -0.3 is 10.2 Å². The van der Waals surface area contributed by atoms with Crippen molar-refractivity contribution in [3.63, 3.8) is 0 Å². The lowest BCUT2D eigenvalue weighted by Gasteiger charge is -2.31. The van der Waals surface area contributed by atoms with E-state index in [4.69, 9.17) is 23.2 Å². The third-order valence-electron chi connectivity index (χ3n) is 4.94. The number of likely N-dealkylation sites (tertiary alicyclic amines) is 1. The number of benzene rings is 2. The summed E-state index contributed by atoms with van der Waals surface area (Å²) < 4.78 is 0. The van der Waals surface area contributed by atoms with Crippen molar-refractivity contribution in [2.75, 3.05) is 18.4 Å². The summed E-state index contributed by atoms with van der Waals surface area (Å²) in [7, 11) is 0. The van der Waals surface area contributed by atoms with Gasteiger partial charge in [-0.05, 0) is 55.2 Å². The highest BCUT2D eigenvalue weighted by Crippen LogP contribution is 2.25. The van der Waals surface area contributed by atoms with Crippen LogP contribution in [0, 0.1) is 5.92 Å². The van der Waals surface area contributed by atoms with Crippen LogP contribution in [0.4, 0.5) is 5.69 Å². The molecule has 0 atom stereocenters. The van der Waals surface area contributed by atoms with Crippen LogP contribution >= 0.6 is 23.2 Å². The lowest BCUT2D eigenvalue weighted by atomic mass is 9.95. The molecule has 1 aliphatic rings. The molecule has 0 spiro atoms. The fourth-order valence-electron chi connectivity index (χ4n) is 3.25. The Bertz CT molecular complexity index is 829. The van der Waals surface area contributed by atoms with Gasteiger partial charge in [-0.1, -0.05) is 42.3 Å². The number of hydrogen-bond donors (Lipinski definition) is 1. The summed E-state index contributed by atoms with van der Waals surface area (Å²) in [6.07, 6.45) is 2.24. The fourth-order valence-corrected chi connectivity index (χ4v) is 3.74. The van der Waals surface area contributed by atoms with Crippen LogP contribution in [0.2, 0.25) is 10.0 Å². The number of nitrogens with zero attached hydrogens (tertiary/aromatic N) is 1. The highest BCUT2D eigenvalue weighted by Gasteiger charge is 2.28. The van der Waals surface area contributed by atoms with Gasteiger partial charge in [-0.3, -0.25) is 9.59 Å². The van der Waals surface area contributed by atoms with Gasteiger partial charge in [-0.15, -0.1) is 0 Å². The van der Waals surface area contributed by atoms with Crippen molar-refractivity contribution >= 4 is 40.7 Å². The van der Waals surface area contributed by atoms with Gasteiger partial charge in [0.2, 0.25) is 5.91 Å². The number of aryl methyl sites for hydroxylation is 1. The lowest BCUT2D eigenvalue weighted by Crippen LogP contribution is -2.41. The van der Waals surface area contributed by atoms with Crippen LogP contribution in [0.5, 0.6) is 0 Å². The summed E-state index contributed by atoms with van der Waals surface area (Å²) in [4.78, 5) is 26.9.